The van der Waals surface area contributed by atoms with Crippen molar-refractivity contribution in [1.82, 2.24) is 4.90 Å². The summed E-state index contributed by atoms with van der Waals surface area (Å²) in [6.45, 7) is 1.67. The molecule has 0 aliphatic carbocycles. The van der Waals surface area contributed by atoms with Gasteiger partial charge in [-0.1, -0.05) is 12.1 Å². The third-order valence-corrected chi connectivity index (χ3v) is 5.52. The number of piperidine rings is 1. The van der Waals surface area contributed by atoms with Crippen molar-refractivity contribution in [3.63, 3.8) is 0 Å². The normalized spacial score (nSPS) is 22.0. The molecule has 1 aromatic rings. The molecule has 0 N–H and O–H groups in total. The van der Waals surface area contributed by atoms with Gasteiger partial charge in [0.25, 0.3) is 10.0 Å². The van der Waals surface area contributed by atoms with Crippen LogP contribution in [0.5, 0.6) is 0 Å². The number of ether oxygens (including phenoxy) is 2. The van der Waals surface area contributed by atoms with Gasteiger partial charge in [0.1, 0.15) is 11.5 Å². The summed E-state index contributed by atoms with van der Waals surface area (Å²) in [7, 11) is -2.10. The van der Waals surface area contributed by atoms with E-state index in [-0.39, 0.29) is 23.4 Å². The van der Waals surface area contributed by atoms with E-state index in [9.17, 15) is 13.2 Å². The van der Waals surface area contributed by atoms with Crippen LogP contribution in [0.4, 0.5) is 0 Å². The van der Waals surface area contributed by atoms with Gasteiger partial charge >= 0.3 is 5.97 Å². The molecule has 3 rings (SSSR count). The summed E-state index contributed by atoms with van der Waals surface area (Å²) in [6.07, 6.45) is 1.51. The van der Waals surface area contributed by atoms with Gasteiger partial charge in [0.05, 0.1) is 12.5 Å². The van der Waals surface area contributed by atoms with Crippen molar-refractivity contribution in [2.45, 2.75) is 17.7 Å². The molecule has 2 aliphatic rings. The molecule has 1 unspecified atom stereocenters. The highest BCUT2D eigenvalue weighted by Crippen LogP contribution is 2.29. The van der Waals surface area contributed by atoms with Crippen molar-refractivity contribution in [2.75, 3.05) is 33.4 Å². The molecule has 0 amide bonds. The van der Waals surface area contributed by atoms with Crippen LogP contribution in [-0.4, -0.2) is 58.5 Å². The van der Waals surface area contributed by atoms with Gasteiger partial charge in [-0.3, -0.25) is 4.79 Å². The van der Waals surface area contributed by atoms with E-state index in [4.69, 9.17) is 9.47 Å². The van der Waals surface area contributed by atoms with E-state index >= 15 is 0 Å². The predicted molar refractivity (Wildman–Crippen MR) is 87.3 cm³/mol. The molecule has 24 heavy (non-hydrogen) atoms. The van der Waals surface area contributed by atoms with Gasteiger partial charge in [0.15, 0.2) is 5.84 Å². The minimum atomic E-state index is -3.65. The Kier molecular flexibility index (Phi) is 4.86. The van der Waals surface area contributed by atoms with Crippen LogP contribution < -0.4 is 0 Å². The van der Waals surface area contributed by atoms with Crippen molar-refractivity contribution in [1.29, 1.82) is 0 Å². The minimum absolute atomic E-state index is 0.226. The maximum Gasteiger partial charge on any atom is 0.310 e. The number of rotatable bonds is 4. The van der Waals surface area contributed by atoms with E-state index in [1.165, 1.54) is 0 Å². The number of hydrogen-bond donors (Lipinski definition) is 0. The fourth-order valence-corrected chi connectivity index (χ4v) is 4.25. The van der Waals surface area contributed by atoms with Crippen molar-refractivity contribution in [3.05, 3.63) is 29.8 Å². The van der Waals surface area contributed by atoms with Crippen LogP contribution in [0.3, 0.4) is 0 Å². The molecule has 8 heteroatoms. The first-order valence-corrected chi connectivity index (χ1v) is 9.32. The molecule has 2 aliphatic heterocycles. The lowest BCUT2D eigenvalue weighted by Gasteiger charge is -2.32. The summed E-state index contributed by atoms with van der Waals surface area (Å²) in [6, 6.07) is 6.78. The molecule has 1 fully saturated rings. The van der Waals surface area contributed by atoms with Crippen LogP contribution >= 0.6 is 0 Å². The second kappa shape index (κ2) is 6.90. The van der Waals surface area contributed by atoms with Crippen LogP contribution in [0.2, 0.25) is 0 Å². The number of methoxy groups -OCH3 is 1. The van der Waals surface area contributed by atoms with Crippen LogP contribution in [0.25, 0.3) is 0 Å². The molecular formula is C16H20N2O5S. The van der Waals surface area contributed by atoms with E-state index in [0.717, 1.165) is 12.8 Å². The molecule has 1 atom stereocenters. The van der Waals surface area contributed by atoms with Crippen LogP contribution in [-0.2, 0) is 24.3 Å². The SMILES string of the molecule is COCCOC(=O)C1CCCN(C2=NS(=O)(=O)c3ccccc32)C1. The van der Waals surface area contributed by atoms with Crippen LogP contribution in [0.1, 0.15) is 18.4 Å². The van der Waals surface area contributed by atoms with E-state index in [1.54, 1.807) is 31.4 Å². The lowest BCUT2D eigenvalue weighted by Crippen LogP contribution is -2.43. The molecule has 1 aromatic carbocycles. The Morgan fingerprint density at radius 2 is 2.12 bits per heavy atom. The Labute approximate surface area is 141 Å². The Morgan fingerprint density at radius 1 is 1.33 bits per heavy atom. The lowest BCUT2D eigenvalue weighted by molar-refractivity contribution is -0.151. The smallest absolute Gasteiger partial charge is 0.310 e. The fourth-order valence-electron chi connectivity index (χ4n) is 3.02. The number of benzene rings is 1. The first-order valence-electron chi connectivity index (χ1n) is 7.88. The third kappa shape index (κ3) is 3.29. The molecular weight excluding hydrogens is 332 g/mol. The standard InChI is InChI=1S/C16H20N2O5S/c1-22-9-10-23-16(19)12-5-4-8-18(11-12)15-13-6-2-3-7-14(13)24(20,21)17-15/h2-3,6-7,12H,4-5,8-11H2,1H3. The summed E-state index contributed by atoms with van der Waals surface area (Å²) < 4.78 is 38.3. The highest BCUT2D eigenvalue weighted by molar-refractivity contribution is 7.90. The van der Waals surface area contributed by atoms with Crippen molar-refractivity contribution in [3.8, 4) is 0 Å². The topological polar surface area (TPSA) is 85.3 Å². The fraction of sp³-hybridized carbons (Fsp3) is 0.500. The van der Waals surface area contributed by atoms with Crippen molar-refractivity contribution < 1.29 is 22.7 Å². The number of esters is 1. The molecule has 2 heterocycles. The molecule has 0 saturated carbocycles. The van der Waals surface area contributed by atoms with Gasteiger partial charge in [-0.2, -0.15) is 8.42 Å². The van der Waals surface area contributed by atoms with Gasteiger partial charge in [0, 0.05) is 25.8 Å². The number of fused-ring (bicyclic) bond motifs is 1. The first kappa shape index (κ1) is 16.9. The summed E-state index contributed by atoms with van der Waals surface area (Å²) in [4.78, 5) is 14.2. The van der Waals surface area contributed by atoms with E-state index in [1.807, 2.05) is 4.90 Å². The van der Waals surface area contributed by atoms with Gasteiger partial charge in [-0.25, -0.2) is 0 Å². The number of sulfonamides is 1. The van der Waals surface area contributed by atoms with Crippen LogP contribution in [0, 0.1) is 5.92 Å². The monoisotopic (exact) mass is 352 g/mol. The number of carbonyl (C=O) groups excluding carboxylic acids is 1. The van der Waals surface area contributed by atoms with E-state index in [0.29, 0.717) is 31.1 Å². The number of nitrogens with zero attached hydrogens (tertiary/aromatic N) is 2. The number of amidine groups is 1. The Hall–Kier alpha value is -1.93. The summed E-state index contributed by atoms with van der Waals surface area (Å²) in [5.41, 5.74) is 0.603. The largest absolute Gasteiger partial charge is 0.463 e. The maximum atomic E-state index is 12.2. The minimum Gasteiger partial charge on any atom is -0.463 e. The van der Waals surface area contributed by atoms with Crippen LogP contribution in [0.15, 0.2) is 33.6 Å². The first-order chi connectivity index (χ1) is 11.5. The summed E-state index contributed by atoms with van der Waals surface area (Å²) in [5, 5.41) is 0. The quantitative estimate of drug-likeness (QED) is 0.594. The zero-order chi connectivity index (χ0) is 17.2. The van der Waals surface area contributed by atoms with Gasteiger partial charge in [-0.15, -0.1) is 4.40 Å². The number of likely N-dealkylation sites (tertiary alicyclic amines) is 1. The number of carbonyl (C=O) groups is 1. The Balaban J connectivity index is 1.75. The maximum absolute atomic E-state index is 12.2. The third-order valence-electron chi connectivity index (χ3n) is 4.20. The van der Waals surface area contributed by atoms with Gasteiger partial charge < -0.3 is 14.4 Å². The average molecular weight is 352 g/mol. The van der Waals surface area contributed by atoms with Crippen molar-refractivity contribution in [2.24, 2.45) is 10.3 Å². The molecule has 0 aromatic heterocycles. The van der Waals surface area contributed by atoms with E-state index < -0.39 is 10.0 Å². The Bertz CT molecular complexity index is 759. The summed E-state index contributed by atoms with van der Waals surface area (Å²) >= 11 is 0. The highest BCUT2D eigenvalue weighted by Gasteiger charge is 2.35. The molecule has 7 nitrogen and oxygen atoms in total. The second-order valence-corrected chi connectivity index (χ2v) is 7.40. The zero-order valence-electron chi connectivity index (χ0n) is 13.5. The van der Waals surface area contributed by atoms with Gasteiger partial charge in [0.2, 0.25) is 0 Å². The Morgan fingerprint density at radius 3 is 2.92 bits per heavy atom. The second-order valence-electron chi connectivity index (χ2n) is 5.83. The molecule has 0 bridgehead atoms. The zero-order valence-corrected chi connectivity index (χ0v) is 14.3. The molecule has 0 radical (unpaired) electrons. The average Bonchev–Trinajstić information content (AvgIpc) is 2.87. The molecule has 0 spiro atoms. The number of hydrogen-bond acceptors (Lipinski definition) is 6. The highest BCUT2D eigenvalue weighted by atomic mass is 32.2. The van der Waals surface area contributed by atoms with Gasteiger partial charge in [-0.05, 0) is 25.0 Å². The molecule has 1 saturated heterocycles. The molecule has 130 valence electrons. The summed E-state index contributed by atoms with van der Waals surface area (Å²) in [5.74, 6) is -0.125. The van der Waals surface area contributed by atoms with Crippen molar-refractivity contribution >= 4 is 21.8 Å². The predicted octanol–water partition coefficient (Wildman–Crippen LogP) is 1.04. The lowest BCUT2D eigenvalue weighted by atomic mass is 9.97. The van der Waals surface area contributed by atoms with E-state index in [2.05, 4.69) is 4.40 Å².